The molecule has 1 rings (SSSR count). The van der Waals surface area contributed by atoms with Gasteiger partial charge < -0.3 is 10.6 Å². The summed E-state index contributed by atoms with van der Waals surface area (Å²) >= 11 is 0. The van der Waals surface area contributed by atoms with Gasteiger partial charge in [0.2, 0.25) is 0 Å². The number of anilines is 2. The zero-order chi connectivity index (χ0) is 12.0. The molecule has 16 heavy (non-hydrogen) atoms. The van der Waals surface area contributed by atoms with Gasteiger partial charge in [0.05, 0.1) is 0 Å². The van der Waals surface area contributed by atoms with Crippen molar-refractivity contribution in [2.45, 2.75) is 46.6 Å². The van der Waals surface area contributed by atoms with Gasteiger partial charge in [-0.3, -0.25) is 0 Å². The van der Waals surface area contributed by atoms with Crippen molar-refractivity contribution in [3.63, 3.8) is 0 Å². The lowest BCUT2D eigenvalue weighted by atomic mass is 10.3. The third-order valence-electron chi connectivity index (χ3n) is 2.11. The minimum absolute atomic E-state index is 0.387. The van der Waals surface area contributed by atoms with Crippen LogP contribution in [0.15, 0.2) is 6.07 Å². The minimum atomic E-state index is 0.387. The van der Waals surface area contributed by atoms with E-state index in [-0.39, 0.29) is 0 Å². The number of rotatable bonds is 6. The average Bonchev–Trinajstić information content (AvgIpc) is 2.16. The van der Waals surface area contributed by atoms with Crippen molar-refractivity contribution in [1.29, 1.82) is 0 Å². The van der Waals surface area contributed by atoms with Crippen LogP contribution in [-0.2, 0) is 0 Å². The van der Waals surface area contributed by atoms with Gasteiger partial charge in [0.15, 0.2) is 0 Å². The van der Waals surface area contributed by atoms with E-state index in [1.807, 2.05) is 13.0 Å². The van der Waals surface area contributed by atoms with Crippen LogP contribution in [0, 0.1) is 6.92 Å². The Kier molecular flexibility index (Phi) is 5.02. The van der Waals surface area contributed by atoms with Gasteiger partial charge in [-0.1, -0.05) is 13.3 Å². The van der Waals surface area contributed by atoms with Gasteiger partial charge in [0, 0.05) is 18.7 Å². The van der Waals surface area contributed by atoms with Gasteiger partial charge in [-0.2, -0.15) is 0 Å². The average molecular weight is 222 g/mol. The van der Waals surface area contributed by atoms with Crippen LogP contribution in [0.25, 0.3) is 0 Å². The van der Waals surface area contributed by atoms with E-state index in [4.69, 9.17) is 0 Å². The van der Waals surface area contributed by atoms with Gasteiger partial charge in [-0.15, -0.1) is 0 Å². The third-order valence-corrected chi connectivity index (χ3v) is 2.11. The van der Waals surface area contributed by atoms with Crippen molar-refractivity contribution >= 4 is 11.6 Å². The van der Waals surface area contributed by atoms with Gasteiger partial charge in [0.1, 0.15) is 17.5 Å². The first-order chi connectivity index (χ1) is 7.61. The van der Waals surface area contributed by atoms with Crippen molar-refractivity contribution in [3.8, 4) is 0 Å². The summed E-state index contributed by atoms with van der Waals surface area (Å²) in [6.45, 7) is 9.26. The molecule has 0 fully saturated rings. The molecule has 0 saturated heterocycles. The highest BCUT2D eigenvalue weighted by Crippen LogP contribution is 2.12. The third kappa shape index (κ3) is 4.47. The highest BCUT2D eigenvalue weighted by molar-refractivity contribution is 5.47. The minimum Gasteiger partial charge on any atom is -0.370 e. The summed E-state index contributed by atoms with van der Waals surface area (Å²) in [5.74, 6) is 2.59. The van der Waals surface area contributed by atoms with Crippen LogP contribution in [0.2, 0.25) is 0 Å². The Hall–Kier alpha value is -1.32. The van der Waals surface area contributed by atoms with Gasteiger partial charge >= 0.3 is 0 Å². The second-order valence-corrected chi connectivity index (χ2v) is 4.27. The van der Waals surface area contributed by atoms with Crippen LogP contribution < -0.4 is 10.6 Å². The van der Waals surface area contributed by atoms with E-state index < -0.39 is 0 Å². The fourth-order valence-electron chi connectivity index (χ4n) is 1.42. The van der Waals surface area contributed by atoms with Crippen molar-refractivity contribution in [1.82, 2.24) is 9.97 Å². The molecule has 90 valence electrons. The standard InChI is InChI=1S/C12H22N4/c1-5-6-7-13-11-8-12(14-9(2)3)16-10(4)15-11/h8-9H,5-7H2,1-4H3,(H2,13,14,15,16). The molecule has 2 N–H and O–H groups in total. The van der Waals surface area contributed by atoms with E-state index in [0.29, 0.717) is 6.04 Å². The number of nitrogens with zero attached hydrogens (tertiary/aromatic N) is 2. The van der Waals surface area contributed by atoms with Crippen molar-refractivity contribution in [2.75, 3.05) is 17.2 Å². The normalized spacial score (nSPS) is 10.6. The second kappa shape index (κ2) is 6.30. The molecule has 0 aliphatic carbocycles. The molecule has 0 bridgehead atoms. The SMILES string of the molecule is CCCCNc1cc(NC(C)C)nc(C)n1. The summed E-state index contributed by atoms with van der Waals surface area (Å²) in [5.41, 5.74) is 0. The van der Waals surface area contributed by atoms with Crippen LogP contribution in [0.4, 0.5) is 11.6 Å². The van der Waals surface area contributed by atoms with Crippen molar-refractivity contribution in [2.24, 2.45) is 0 Å². The summed E-state index contributed by atoms with van der Waals surface area (Å²) in [6, 6.07) is 2.35. The largest absolute Gasteiger partial charge is 0.370 e. The Balaban J connectivity index is 2.65. The molecule has 0 amide bonds. The van der Waals surface area contributed by atoms with Crippen LogP contribution in [0.5, 0.6) is 0 Å². The molecule has 0 saturated carbocycles. The predicted molar refractivity (Wildman–Crippen MR) is 68.9 cm³/mol. The maximum Gasteiger partial charge on any atom is 0.131 e. The lowest BCUT2D eigenvalue weighted by molar-refractivity contribution is 0.828. The number of nitrogens with one attached hydrogen (secondary N) is 2. The first kappa shape index (κ1) is 12.7. The lowest BCUT2D eigenvalue weighted by Gasteiger charge is -2.11. The van der Waals surface area contributed by atoms with Crippen LogP contribution in [-0.4, -0.2) is 22.6 Å². The van der Waals surface area contributed by atoms with Crippen LogP contribution in [0.1, 0.15) is 39.4 Å². The second-order valence-electron chi connectivity index (χ2n) is 4.27. The molecular weight excluding hydrogens is 200 g/mol. The van der Waals surface area contributed by atoms with Gasteiger partial charge in [-0.25, -0.2) is 9.97 Å². The molecule has 0 aliphatic rings. The van der Waals surface area contributed by atoms with Gasteiger partial charge in [-0.05, 0) is 27.2 Å². The van der Waals surface area contributed by atoms with E-state index >= 15 is 0 Å². The van der Waals surface area contributed by atoms with Crippen LogP contribution in [0.3, 0.4) is 0 Å². The molecule has 0 atom stereocenters. The van der Waals surface area contributed by atoms with Crippen LogP contribution >= 0.6 is 0 Å². The molecular formula is C12H22N4. The fraction of sp³-hybridized carbons (Fsp3) is 0.667. The van der Waals surface area contributed by atoms with E-state index in [1.54, 1.807) is 0 Å². The summed E-state index contributed by atoms with van der Waals surface area (Å²) in [5, 5.41) is 6.59. The molecule has 4 nitrogen and oxygen atoms in total. The Labute approximate surface area is 97.9 Å². The topological polar surface area (TPSA) is 49.8 Å². The maximum absolute atomic E-state index is 4.35. The summed E-state index contributed by atoms with van der Waals surface area (Å²) in [4.78, 5) is 8.69. The molecule has 4 heteroatoms. The Bertz CT molecular complexity index is 323. The molecule has 1 heterocycles. The Morgan fingerprint density at radius 1 is 1.25 bits per heavy atom. The number of hydrogen-bond acceptors (Lipinski definition) is 4. The van der Waals surface area contributed by atoms with Crippen molar-refractivity contribution in [3.05, 3.63) is 11.9 Å². The molecule has 0 radical (unpaired) electrons. The molecule has 0 unspecified atom stereocenters. The number of hydrogen-bond donors (Lipinski definition) is 2. The zero-order valence-electron chi connectivity index (χ0n) is 10.7. The summed E-state index contributed by atoms with van der Waals surface area (Å²) in [6.07, 6.45) is 2.35. The molecule has 0 aliphatic heterocycles. The van der Waals surface area contributed by atoms with Crippen molar-refractivity contribution < 1.29 is 0 Å². The Morgan fingerprint density at radius 3 is 2.56 bits per heavy atom. The first-order valence-corrected chi connectivity index (χ1v) is 5.98. The number of aromatic nitrogens is 2. The molecule has 0 aromatic carbocycles. The van der Waals surface area contributed by atoms with Gasteiger partial charge in [0.25, 0.3) is 0 Å². The summed E-state index contributed by atoms with van der Waals surface area (Å²) in [7, 11) is 0. The lowest BCUT2D eigenvalue weighted by Crippen LogP contribution is -2.13. The maximum atomic E-state index is 4.35. The summed E-state index contributed by atoms with van der Waals surface area (Å²) < 4.78 is 0. The van der Waals surface area contributed by atoms with E-state index in [0.717, 1.165) is 30.4 Å². The molecule has 1 aromatic heterocycles. The highest BCUT2D eigenvalue weighted by Gasteiger charge is 2.02. The van der Waals surface area contributed by atoms with E-state index in [1.165, 1.54) is 6.42 Å². The molecule has 0 spiro atoms. The number of aryl methyl sites for hydroxylation is 1. The zero-order valence-corrected chi connectivity index (χ0v) is 10.7. The molecule has 1 aromatic rings. The Morgan fingerprint density at radius 2 is 1.94 bits per heavy atom. The highest BCUT2D eigenvalue weighted by atomic mass is 15.1. The predicted octanol–water partition coefficient (Wildman–Crippen LogP) is 2.82. The fourth-order valence-corrected chi connectivity index (χ4v) is 1.42. The quantitative estimate of drug-likeness (QED) is 0.727. The monoisotopic (exact) mass is 222 g/mol. The smallest absolute Gasteiger partial charge is 0.131 e. The van der Waals surface area contributed by atoms with E-state index in [2.05, 4.69) is 41.4 Å². The number of unbranched alkanes of at least 4 members (excludes halogenated alkanes) is 1. The first-order valence-electron chi connectivity index (χ1n) is 5.98. The van der Waals surface area contributed by atoms with E-state index in [9.17, 15) is 0 Å².